The third kappa shape index (κ3) is 8.94. The van der Waals surface area contributed by atoms with Gasteiger partial charge in [-0.15, -0.1) is 0 Å². The molecule has 0 fully saturated rings. The summed E-state index contributed by atoms with van der Waals surface area (Å²) >= 11 is 0. The van der Waals surface area contributed by atoms with Gasteiger partial charge in [0, 0.05) is 30.5 Å². The summed E-state index contributed by atoms with van der Waals surface area (Å²) in [6, 6.07) is 7.86. The van der Waals surface area contributed by atoms with E-state index in [1.54, 1.807) is 13.0 Å². The number of unbranched alkanes of at least 4 members (excludes halogenated alkanes) is 6. The fourth-order valence-corrected chi connectivity index (χ4v) is 3.18. The normalized spacial score (nSPS) is 11.1. The zero-order chi connectivity index (χ0) is 20.8. The molecule has 1 rings (SSSR count). The number of carbonyl (C=O) groups excluding carboxylic acids is 1. The van der Waals surface area contributed by atoms with E-state index in [0.717, 1.165) is 31.6 Å². The highest BCUT2D eigenvalue weighted by atomic mass is 16.1. The zero-order valence-electron chi connectivity index (χ0n) is 17.8. The summed E-state index contributed by atoms with van der Waals surface area (Å²) in [5.74, 6) is -0.285. The maximum absolute atomic E-state index is 11.9. The molecule has 0 aliphatic rings. The van der Waals surface area contributed by atoms with Crippen molar-refractivity contribution >= 4 is 17.3 Å². The Labute approximate surface area is 170 Å². The van der Waals surface area contributed by atoms with Crippen molar-refractivity contribution in [2.45, 2.75) is 72.1 Å². The Morgan fingerprint density at radius 1 is 1.11 bits per heavy atom. The van der Waals surface area contributed by atoms with Gasteiger partial charge in [-0.05, 0) is 38.0 Å². The third-order valence-electron chi connectivity index (χ3n) is 4.65. The number of benzene rings is 1. The van der Waals surface area contributed by atoms with Crippen LogP contribution in [0.3, 0.4) is 0 Å². The molecule has 5 heteroatoms. The molecule has 0 unspecified atom stereocenters. The second-order valence-corrected chi connectivity index (χ2v) is 7.33. The molecule has 5 nitrogen and oxygen atoms in total. The number of carbonyl (C=O) groups is 1. The molecule has 0 aromatic heterocycles. The van der Waals surface area contributed by atoms with Gasteiger partial charge in [0.05, 0.1) is 11.3 Å². The fourth-order valence-electron chi connectivity index (χ4n) is 3.18. The Hall–Kier alpha value is -2.48. The van der Waals surface area contributed by atoms with Gasteiger partial charge in [-0.3, -0.25) is 4.79 Å². The molecular weight excluding hydrogens is 348 g/mol. The smallest absolute Gasteiger partial charge is 0.250 e. The second-order valence-electron chi connectivity index (χ2n) is 7.33. The summed E-state index contributed by atoms with van der Waals surface area (Å²) in [7, 11) is 0. The summed E-state index contributed by atoms with van der Waals surface area (Å²) in [6.07, 6.45) is 10.9. The Kier molecular flexibility index (Phi) is 11.5. The lowest BCUT2D eigenvalue weighted by Gasteiger charge is -2.26. The van der Waals surface area contributed by atoms with E-state index in [4.69, 9.17) is 5.73 Å². The first-order valence-corrected chi connectivity index (χ1v) is 10.6. The van der Waals surface area contributed by atoms with Crippen molar-refractivity contribution in [3.63, 3.8) is 0 Å². The van der Waals surface area contributed by atoms with Crippen LogP contribution >= 0.6 is 0 Å². The van der Waals surface area contributed by atoms with Gasteiger partial charge in [-0.25, -0.2) is 0 Å². The summed E-state index contributed by atoms with van der Waals surface area (Å²) in [5.41, 5.74) is 8.15. The fraction of sp³-hybridized carbons (Fsp3) is 0.565. The third-order valence-corrected chi connectivity index (χ3v) is 4.65. The number of hydrogen-bond acceptors (Lipinski definition) is 4. The van der Waals surface area contributed by atoms with E-state index in [-0.39, 0.29) is 5.91 Å². The molecule has 154 valence electrons. The highest BCUT2D eigenvalue weighted by Crippen LogP contribution is 2.25. The van der Waals surface area contributed by atoms with E-state index in [9.17, 15) is 10.1 Å². The molecule has 0 radical (unpaired) electrons. The largest absolute Gasteiger partial charge is 0.402 e. The zero-order valence-corrected chi connectivity index (χ0v) is 17.8. The summed E-state index contributed by atoms with van der Waals surface area (Å²) in [6.45, 7) is 8.01. The topological polar surface area (TPSA) is 82.2 Å². The SMILES string of the molecule is CCCCCCN(CCCCCC)c1ccc(NC(=O)/C=C(\C)N)cc1C#N. The Bertz CT molecular complexity index is 660. The van der Waals surface area contributed by atoms with Crippen LogP contribution in [0.25, 0.3) is 0 Å². The van der Waals surface area contributed by atoms with Crippen LogP contribution in [0.5, 0.6) is 0 Å². The lowest BCUT2D eigenvalue weighted by molar-refractivity contribution is -0.111. The van der Waals surface area contributed by atoms with E-state index < -0.39 is 0 Å². The summed E-state index contributed by atoms with van der Waals surface area (Å²) < 4.78 is 0. The summed E-state index contributed by atoms with van der Waals surface area (Å²) in [4.78, 5) is 14.2. The average Bonchev–Trinajstić information content (AvgIpc) is 2.66. The van der Waals surface area contributed by atoms with Crippen molar-refractivity contribution in [1.29, 1.82) is 5.26 Å². The molecule has 1 aromatic carbocycles. The molecule has 0 spiro atoms. The predicted molar refractivity (Wildman–Crippen MR) is 118 cm³/mol. The molecule has 0 atom stereocenters. The van der Waals surface area contributed by atoms with Crippen LogP contribution in [-0.2, 0) is 4.79 Å². The van der Waals surface area contributed by atoms with E-state index in [2.05, 4.69) is 30.1 Å². The van der Waals surface area contributed by atoms with E-state index in [1.165, 1.54) is 44.6 Å². The van der Waals surface area contributed by atoms with Crippen molar-refractivity contribution in [1.82, 2.24) is 0 Å². The lowest BCUT2D eigenvalue weighted by Crippen LogP contribution is -2.26. The number of nitrogens with zero attached hydrogens (tertiary/aromatic N) is 2. The van der Waals surface area contributed by atoms with Gasteiger partial charge in [0.25, 0.3) is 0 Å². The number of amides is 1. The quantitative estimate of drug-likeness (QED) is 0.356. The highest BCUT2D eigenvalue weighted by Gasteiger charge is 2.13. The van der Waals surface area contributed by atoms with E-state index in [1.807, 2.05) is 12.1 Å². The van der Waals surface area contributed by atoms with Crippen molar-refractivity contribution in [2.75, 3.05) is 23.3 Å². The Morgan fingerprint density at radius 2 is 1.71 bits per heavy atom. The van der Waals surface area contributed by atoms with Crippen LogP contribution in [-0.4, -0.2) is 19.0 Å². The Morgan fingerprint density at radius 3 is 2.21 bits per heavy atom. The molecular formula is C23H36N4O. The standard InChI is InChI=1S/C23H36N4O/c1-4-6-8-10-14-27(15-11-9-7-5-2)22-13-12-21(17-20(22)18-24)26-23(28)16-19(3)25/h12-13,16-17H,4-11,14-15,25H2,1-3H3,(H,26,28)/b19-16+. The van der Waals surface area contributed by atoms with Crippen LogP contribution in [0.2, 0.25) is 0 Å². The van der Waals surface area contributed by atoms with Gasteiger partial charge in [0.2, 0.25) is 5.91 Å². The molecule has 1 aromatic rings. The molecule has 0 saturated heterocycles. The van der Waals surface area contributed by atoms with Gasteiger partial charge >= 0.3 is 0 Å². The lowest BCUT2D eigenvalue weighted by atomic mass is 10.1. The van der Waals surface area contributed by atoms with Crippen LogP contribution in [0, 0.1) is 11.3 Å². The number of nitrogens with one attached hydrogen (secondary N) is 1. The van der Waals surface area contributed by atoms with Crippen molar-refractivity contribution < 1.29 is 4.79 Å². The van der Waals surface area contributed by atoms with Gasteiger partial charge < -0.3 is 16.0 Å². The van der Waals surface area contributed by atoms with Crippen molar-refractivity contribution in [2.24, 2.45) is 5.73 Å². The van der Waals surface area contributed by atoms with Crippen LogP contribution in [0.1, 0.15) is 77.7 Å². The Balaban J connectivity index is 2.92. The first kappa shape index (κ1) is 23.6. The van der Waals surface area contributed by atoms with Crippen LogP contribution in [0.15, 0.2) is 30.0 Å². The van der Waals surface area contributed by atoms with Crippen LogP contribution < -0.4 is 16.0 Å². The van der Waals surface area contributed by atoms with Gasteiger partial charge in [0.1, 0.15) is 6.07 Å². The van der Waals surface area contributed by atoms with Gasteiger partial charge in [0.15, 0.2) is 0 Å². The molecule has 0 aliphatic carbocycles. The molecule has 0 saturated carbocycles. The number of nitriles is 1. The van der Waals surface area contributed by atoms with Crippen molar-refractivity contribution in [3.05, 3.63) is 35.5 Å². The number of nitrogens with two attached hydrogens (primary N) is 1. The molecule has 28 heavy (non-hydrogen) atoms. The van der Waals surface area contributed by atoms with E-state index >= 15 is 0 Å². The van der Waals surface area contributed by atoms with E-state index in [0.29, 0.717) is 16.9 Å². The minimum atomic E-state index is -0.285. The number of anilines is 2. The number of hydrogen-bond donors (Lipinski definition) is 2. The maximum Gasteiger partial charge on any atom is 0.250 e. The summed E-state index contributed by atoms with van der Waals surface area (Å²) in [5, 5.41) is 12.4. The maximum atomic E-state index is 11.9. The van der Waals surface area contributed by atoms with Gasteiger partial charge in [-0.1, -0.05) is 52.4 Å². The molecule has 0 bridgehead atoms. The number of allylic oxidation sites excluding steroid dienone is 1. The monoisotopic (exact) mass is 384 g/mol. The van der Waals surface area contributed by atoms with Crippen molar-refractivity contribution in [3.8, 4) is 6.07 Å². The minimum Gasteiger partial charge on any atom is -0.402 e. The van der Waals surface area contributed by atoms with Crippen LogP contribution in [0.4, 0.5) is 11.4 Å². The highest BCUT2D eigenvalue weighted by molar-refractivity contribution is 5.99. The molecule has 0 heterocycles. The average molecular weight is 385 g/mol. The first-order chi connectivity index (χ1) is 13.5. The molecule has 1 amide bonds. The minimum absolute atomic E-state index is 0.285. The molecule has 0 aliphatic heterocycles. The molecule has 3 N–H and O–H groups in total. The number of rotatable bonds is 13. The first-order valence-electron chi connectivity index (χ1n) is 10.6. The predicted octanol–water partition coefficient (Wildman–Crippen LogP) is 5.33. The van der Waals surface area contributed by atoms with Gasteiger partial charge in [-0.2, -0.15) is 5.26 Å². The second kappa shape index (κ2) is 13.7.